The molecule has 2 aromatic rings. The summed E-state index contributed by atoms with van der Waals surface area (Å²) in [5, 5.41) is 11.0. The zero-order valence-corrected chi connectivity index (χ0v) is 23.2. The first-order valence-corrected chi connectivity index (χ1v) is 14.3. The van der Waals surface area contributed by atoms with Crippen LogP contribution in [-0.4, -0.2) is 35.6 Å². The molecule has 0 spiro atoms. The number of methoxy groups -OCH3 is 1. The fourth-order valence-electron chi connectivity index (χ4n) is 5.41. The first-order valence-electron chi connectivity index (χ1n) is 14.3. The molecule has 5 heteroatoms. The first kappa shape index (κ1) is 27.9. The van der Waals surface area contributed by atoms with Gasteiger partial charge in [-0.2, -0.15) is 0 Å². The number of nitrogens with zero attached hydrogens (tertiary/aromatic N) is 1. The van der Waals surface area contributed by atoms with Crippen LogP contribution < -0.4 is 10.2 Å². The number of aliphatic hydroxyl groups excluding tert-OH is 1. The number of allylic oxidation sites excluding steroid dienone is 8. The number of aromatic nitrogens is 1. The number of ether oxygens (including phenoxy) is 2. The van der Waals surface area contributed by atoms with Crippen LogP contribution in [0.4, 0.5) is 0 Å². The molecule has 0 saturated carbocycles. The van der Waals surface area contributed by atoms with Gasteiger partial charge in [0.2, 0.25) is 5.43 Å². The van der Waals surface area contributed by atoms with E-state index in [0.717, 1.165) is 49.1 Å². The van der Waals surface area contributed by atoms with E-state index in [1.54, 1.807) is 19.4 Å². The Morgan fingerprint density at radius 2 is 1.95 bits per heavy atom. The van der Waals surface area contributed by atoms with Crippen molar-refractivity contribution in [1.82, 2.24) is 4.57 Å². The average Bonchev–Trinajstić information content (AvgIpc) is 3.01. The van der Waals surface area contributed by atoms with Crippen LogP contribution in [0.2, 0.25) is 0 Å². The van der Waals surface area contributed by atoms with Gasteiger partial charge in [-0.05, 0) is 61.8 Å². The van der Waals surface area contributed by atoms with Crippen molar-refractivity contribution in [2.24, 2.45) is 0 Å². The van der Waals surface area contributed by atoms with Crippen LogP contribution in [0.5, 0.6) is 5.75 Å². The maximum absolute atomic E-state index is 13.2. The van der Waals surface area contributed by atoms with Crippen molar-refractivity contribution in [3.05, 3.63) is 130 Å². The van der Waals surface area contributed by atoms with Crippen molar-refractivity contribution >= 4 is 0 Å². The lowest BCUT2D eigenvalue weighted by Gasteiger charge is -2.21. The van der Waals surface area contributed by atoms with Crippen LogP contribution in [0, 0.1) is 0 Å². The predicted molar refractivity (Wildman–Crippen MR) is 161 cm³/mol. The molecule has 1 aromatic carbocycles. The molecule has 5 rings (SSSR count). The Bertz CT molecular complexity index is 1420. The number of benzene rings is 1. The lowest BCUT2D eigenvalue weighted by Crippen LogP contribution is -2.20. The normalized spacial score (nSPS) is 20.8. The molecular weight excluding hydrogens is 498 g/mol. The van der Waals surface area contributed by atoms with E-state index in [9.17, 15) is 9.90 Å². The lowest BCUT2D eigenvalue weighted by atomic mass is 9.92. The zero-order chi connectivity index (χ0) is 27.7. The highest BCUT2D eigenvalue weighted by molar-refractivity contribution is 5.43. The molecule has 40 heavy (non-hydrogen) atoms. The van der Waals surface area contributed by atoms with E-state index in [2.05, 4.69) is 66.8 Å². The summed E-state index contributed by atoms with van der Waals surface area (Å²) in [5.41, 5.74) is 5.05. The molecular formula is C35H39NO4. The molecule has 0 bridgehead atoms. The summed E-state index contributed by atoms with van der Waals surface area (Å²) in [6.45, 7) is 0.312. The van der Waals surface area contributed by atoms with Gasteiger partial charge in [-0.25, -0.2) is 0 Å². The summed E-state index contributed by atoms with van der Waals surface area (Å²) >= 11 is 0. The maximum Gasteiger partial charge on any atom is 0.223 e. The highest BCUT2D eigenvalue weighted by Gasteiger charge is 2.17. The molecule has 0 fully saturated rings. The number of rotatable bonds is 11. The summed E-state index contributed by atoms with van der Waals surface area (Å²) < 4.78 is 13.4. The van der Waals surface area contributed by atoms with E-state index in [4.69, 9.17) is 9.47 Å². The molecule has 3 aliphatic rings. The zero-order valence-electron chi connectivity index (χ0n) is 23.2. The summed E-state index contributed by atoms with van der Waals surface area (Å²) in [4.78, 5) is 13.2. The van der Waals surface area contributed by atoms with Crippen LogP contribution in [0.3, 0.4) is 0 Å². The molecule has 1 aromatic heterocycles. The highest BCUT2D eigenvalue weighted by Crippen LogP contribution is 2.27. The topological polar surface area (TPSA) is 60.7 Å². The summed E-state index contributed by atoms with van der Waals surface area (Å²) in [6, 6.07) is 10.0. The minimum Gasteiger partial charge on any atom is -0.483 e. The maximum atomic E-state index is 13.2. The predicted octanol–water partition coefficient (Wildman–Crippen LogP) is 6.68. The number of hydrogen-bond acceptors (Lipinski definition) is 4. The van der Waals surface area contributed by atoms with Gasteiger partial charge in [0.05, 0.1) is 18.4 Å². The van der Waals surface area contributed by atoms with Gasteiger partial charge in [0, 0.05) is 36.9 Å². The number of pyridine rings is 1. The molecule has 3 atom stereocenters. The second kappa shape index (κ2) is 13.6. The van der Waals surface area contributed by atoms with Gasteiger partial charge < -0.3 is 19.1 Å². The van der Waals surface area contributed by atoms with Gasteiger partial charge >= 0.3 is 0 Å². The summed E-state index contributed by atoms with van der Waals surface area (Å²) in [6.07, 6.45) is 28.3. The molecule has 0 aliphatic heterocycles. The van der Waals surface area contributed by atoms with E-state index in [1.165, 1.54) is 11.1 Å². The standard InChI is InChI=1S/C35H39NO4/c1-39-33-19-16-27(17-20-33)25-40-35-24-36(30-14-8-13-29(21-30)28-11-6-3-7-12-28)31(23-34(35)38)22-32(37)18-15-26-9-4-2-5-10-26/h3-4,6-11,13-14,16-17,19,21,23-24,28,32-33,37H,2,5,12,15,18,20,22,25H2,1H3. The van der Waals surface area contributed by atoms with Crippen LogP contribution in [0.25, 0.3) is 5.69 Å². The van der Waals surface area contributed by atoms with Crippen molar-refractivity contribution in [3.63, 3.8) is 0 Å². The fourth-order valence-corrected chi connectivity index (χ4v) is 5.41. The van der Waals surface area contributed by atoms with Crippen LogP contribution in [0.15, 0.2) is 113 Å². The Hall–Kier alpha value is -3.67. The second-order valence-electron chi connectivity index (χ2n) is 10.7. The molecule has 0 amide bonds. The van der Waals surface area contributed by atoms with E-state index in [1.807, 2.05) is 22.8 Å². The first-order chi connectivity index (χ1) is 19.6. The number of aliphatic hydroxyl groups is 1. The van der Waals surface area contributed by atoms with Crippen LogP contribution in [-0.2, 0) is 11.2 Å². The van der Waals surface area contributed by atoms with E-state index >= 15 is 0 Å². The number of hydrogen-bond donors (Lipinski definition) is 1. The largest absolute Gasteiger partial charge is 0.483 e. The minimum atomic E-state index is -0.561. The van der Waals surface area contributed by atoms with Crippen molar-refractivity contribution in [3.8, 4) is 11.4 Å². The Morgan fingerprint density at radius 3 is 2.70 bits per heavy atom. The monoisotopic (exact) mass is 537 g/mol. The Morgan fingerprint density at radius 1 is 1.02 bits per heavy atom. The highest BCUT2D eigenvalue weighted by atomic mass is 16.5. The third kappa shape index (κ3) is 7.29. The Kier molecular flexibility index (Phi) is 9.48. The lowest BCUT2D eigenvalue weighted by molar-refractivity contribution is 0.142. The Balaban J connectivity index is 1.39. The van der Waals surface area contributed by atoms with Crippen molar-refractivity contribution in [2.45, 2.75) is 63.1 Å². The fraction of sp³-hybridized carbons (Fsp3) is 0.343. The van der Waals surface area contributed by atoms with Gasteiger partial charge in [0.15, 0.2) is 5.75 Å². The van der Waals surface area contributed by atoms with Crippen molar-refractivity contribution in [1.29, 1.82) is 0 Å². The molecule has 1 N–H and O–H groups in total. The molecule has 0 radical (unpaired) electrons. The quantitative estimate of drug-likeness (QED) is 0.348. The molecule has 3 unspecified atom stereocenters. The third-order valence-electron chi connectivity index (χ3n) is 7.77. The van der Waals surface area contributed by atoms with Gasteiger partial charge in [-0.1, -0.05) is 78.5 Å². The third-order valence-corrected chi connectivity index (χ3v) is 7.77. The molecule has 1 heterocycles. The van der Waals surface area contributed by atoms with Gasteiger partial charge in [-0.15, -0.1) is 0 Å². The minimum absolute atomic E-state index is 0.0823. The average molecular weight is 538 g/mol. The Labute approximate surface area is 237 Å². The smallest absolute Gasteiger partial charge is 0.223 e. The van der Waals surface area contributed by atoms with Crippen LogP contribution >= 0.6 is 0 Å². The van der Waals surface area contributed by atoms with E-state index in [-0.39, 0.29) is 11.5 Å². The van der Waals surface area contributed by atoms with Gasteiger partial charge in [0.25, 0.3) is 0 Å². The summed E-state index contributed by atoms with van der Waals surface area (Å²) in [7, 11) is 1.70. The molecule has 208 valence electrons. The SMILES string of the molecule is COC1C=CC(COc2cn(-c3cccc(C4C=CC=CC4)c3)c(CC(O)CCC3=CCCC=C3)cc2=O)=CC1. The van der Waals surface area contributed by atoms with E-state index in [0.29, 0.717) is 31.1 Å². The van der Waals surface area contributed by atoms with Crippen molar-refractivity contribution in [2.75, 3.05) is 13.7 Å². The summed E-state index contributed by atoms with van der Waals surface area (Å²) in [5.74, 6) is 0.608. The van der Waals surface area contributed by atoms with Gasteiger partial charge in [0.1, 0.15) is 6.61 Å². The van der Waals surface area contributed by atoms with Crippen molar-refractivity contribution < 1.29 is 14.6 Å². The molecule has 5 nitrogen and oxygen atoms in total. The van der Waals surface area contributed by atoms with Crippen LogP contribution in [0.1, 0.15) is 55.7 Å². The molecule has 3 aliphatic carbocycles. The van der Waals surface area contributed by atoms with Gasteiger partial charge in [-0.3, -0.25) is 4.79 Å². The van der Waals surface area contributed by atoms with E-state index < -0.39 is 6.10 Å². The second-order valence-corrected chi connectivity index (χ2v) is 10.7. The molecule has 0 saturated heterocycles.